The lowest BCUT2D eigenvalue weighted by Crippen LogP contribution is -2.44. The molecule has 0 bridgehead atoms. The number of aryl methyl sites for hydroxylation is 1. The van der Waals surface area contributed by atoms with Crippen LogP contribution in [0, 0.1) is 6.92 Å². The molecule has 0 amide bonds. The lowest BCUT2D eigenvalue weighted by atomic mass is 10.0. The number of hydrogen-bond acceptors (Lipinski definition) is 3. The average Bonchev–Trinajstić information content (AvgIpc) is 2.15. The fourth-order valence-corrected chi connectivity index (χ4v) is 3.16. The minimum atomic E-state index is -3.47. The highest BCUT2D eigenvalue weighted by molar-refractivity contribution is 7.89. The molecule has 0 saturated heterocycles. The Bertz CT molecular complexity index is 481. The van der Waals surface area contributed by atoms with Gasteiger partial charge in [-0.2, -0.15) is 0 Å². The van der Waals surface area contributed by atoms with E-state index in [2.05, 4.69) is 4.72 Å². The molecule has 1 aromatic rings. The van der Waals surface area contributed by atoms with Gasteiger partial charge in [0.1, 0.15) is 0 Å². The predicted octanol–water partition coefficient (Wildman–Crippen LogP) is 1.40. The van der Waals surface area contributed by atoms with Crippen LogP contribution in [-0.4, -0.2) is 20.5 Å². The molecule has 1 rings (SSSR count). The molecule has 0 spiro atoms. The normalized spacial score (nSPS) is 12.7. The van der Waals surface area contributed by atoms with Crippen molar-refractivity contribution >= 4 is 10.0 Å². The van der Waals surface area contributed by atoms with Gasteiger partial charge in [0.2, 0.25) is 10.0 Å². The molecule has 0 unspecified atom stereocenters. The SMILES string of the molecule is Cc1cccc(S(=O)(=O)NC(C)(C)CCN)c1. The van der Waals surface area contributed by atoms with E-state index in [4.69, 9.17) is 5.73 Å². The van der Waals surface area contributed by atoms with Crippen LogP contribution in [0.1, 0.15) is 25.8 Å². The standard InChI is InChI=1S/C12H20N2O2S/c1-10-5-4-6-11(9-10)17(15,16)14-12(2,3)7-8-13/h4-6,9,14H,7-8,13H2,1-3H3. The van der Waals surface area contributed by atoms with Gasteiger partial charge in [-0.05, 0) is 51.4 Å². The summed E-state index contributed by atoms with van der Waals surface area (Å²) in [6, 6.07) is 6.85. The Morgan fingerprint density at radius 1 is 1.35 bits per heavy atom. The Kier molecular flexibility index (Phi) is 4.30. The summed E-state index contributed by atoms with van der Waals surface area (Å²) in [5.74, 6) is 0. The van der Waals surface area contributed by atoms with Crippen LogP contribution in [0.5, 0.6) is 0 Å². The Balaban J connectivity index is 2.97. The monoisotopic (exact) mass is 256 g/mol. The van der Waals surface area contributed by atoms with Gasteiger partial charge in [-0.25, -0.2) is 13.1 Å². The maximum Gasteiger partial charge on any atom is 0.241 e. The van der Waals surface area contributed by atoms with E-state index >= 15 is 0 Å². The fourth-order valence-electron chi connectivity index (χ4n) is 1.62. The van der Waals surface area contributed by atoms with E-state index in [1.807, 2.05) is 26.8 Å². The summed E-state index contributed by atoms with van der Waals surface area (Å²) in [4.78, 5) is 0.294. The zero-order valence-electron chi connectivity index (χ0n) is 10.5. The van der Waals surface area contributed by atoms with Crippen molar-refractivity contribution in [2.75, 3.05) is 6.54 Å². The third-order valence-corrected chi connectivity index (χ3v) is 4.18. The van der Waals surface area contributed by atoms with Gasteiger partial charge < -0.3 is 5.73 Å². The maximum absolute atomic E-state index is 12.1. The van der Waals surface area contributed by atoms with Crippen molar-refractivity contribution in [1.29, 1.82) is 0 Å². The number of nitrogens with one attached hydrogen (secondary N) is 1. The number of benzene rings is 1. The predicted molar refractivity (Wildman–Crippen MR) is 69.3 cm³/mol. The van der Waals surface area contributed by atoms with Crippen LogP contribution in [0.3, 0.4) is 0 Å². The van der Waals surface area contributed by atoms with Crippen LogP contribution in [0.25, 0.3) is 0 Å². The third kappa shape index (κ3) is 4.11. The summed E-state index contributed by atoms with van der Waals surface area (Å²) in [7, 11) is -3.47. The summed E-state index contributed by atoms with van der Waals surface area (Å²) in [5.41, 5.74) is 5.85. The Labute approximate surface area is 103 Å². The van der Waals surface area contributed by atoms with E-state index in [1.165, 1.54) is 0 Å². The van der Waals surface area contributed by atoms with Crippen molar-refractivity contribution in [3.63, 3.8) is 0 Å². The first kappa shape index (κ1) is 14.2. The Hall–Kier alpha value is -0.910. The molecule has 0 fully saturated rings. The summed E-state index contributed by atoms with van der Waals surface area (Å²) < 4.78 is 26.9. The fraction of sp³-hybridized carbons (Fsp3) is 0.500. The molecule has 1 aromatic carbocycles. The maximum atomic E-state index is 12.1. The molecule has 0 aliphatic heterocycles. The summed E-state index contributed by atoms with van der Waals surface area (Å²) in [6.07, 6.45) is 0.595. The summed E-state index contributed by atoms with van der Waals surface area (Å²) >= 11 is 0. The van der Waals surface area contributed by atoms with Crippen molar-refractivity contribution in [3.05, 3.63) is 29.8 Å². The number of sulfonamides is 1. The molecule has 17 heavy (non-hydrogen) atoms. The van der Waals surface area contributed by atoms with E-state index in [1.54, 1.807) is 18.2 Å². The van der Waals surface area contributed by atoms with Crippen LogP contribution >= 0.6 is 0 Å². The summed E-state index contributed by atoms with van der Waals surface area (Å²) in [6.45, 7) is 5.97. The van der Waals surface area contributed by atoms with Crippen LogP contribution < -0.4 is 10.5 Å². The quantitative estimate of drug-likeness (QED) is 0.836. The van der Waals surface area contributed by atoms with Crippen LogP contribution in [-0.2, 0) is 10.0 Å². The van der Waals surface area contributed by atoms with E-state index in [0.717, 1.165) is 5.56 Å². The second kappa shape index (κ2) is 5.16. The molecular weight excluding hydrogens is 236 g/mol. The van der Waals surface area contributed by atoms with Crippen molar-refractivity contribution < 1.29 is 8.42 Å². The van der Waals surface area contributed by atoms with Crippen molar-refractivity contribution in [2.45, 2.75) is 37.6 Å². The van der Waals surface area contributed by atoms with Gasteiger partial charge in [0.05, 0.1) is 4.90 Å². The first-order valence-corrected chi connectivity index (χ1v) is 7.06. The number of rotatable bonds is 5. The van der Waals surface area contributed by atoms with Gasteiger partial charge in [0.25, 0.3) is 0 Å². The van der Waals surface area contributed by atoms with Gasteiger partial charge in [-0.1, -0.05) is 12.1 Å². The van der Waals surface area contributed by atoms with Gasteiger partial charge in [0.15, 0.2) is 0 Å². The van der Waals surface area contributed by atoms with E-state index < -0.39 is 15.6 Å². The minimum Gasteiger partial charge on any atom is -0.330 e. The van der Waals surface area contributed by atoms with Crippen LogP contribution in [0.4, 0.5) is 0 Å². The highest BCUT2D eigenvalue weighted by Crippen LogP contribution is 2.16. The second-order valence-electron chi connectivity index (χ2n) is 4.84. The van der Waals surface area contributed by atoms with Crippen LogP contribution in [0.2, 0.25) is 0 Å². The molecule has 0 radical (unpaired) electrons. The van der Waals surface area contributed by atoms with Gasteiger partial charge in [-0.15, -0.1) is 0 Å². The summed E-state index contributed by atoms with van der Waals surface area (Å²) in [5, 5.41) is 0. The number of nitrogens with two attached hydrogens (primary N) is 1. The van der Waals surface area contributed by atoms with Crippen LogP contribution in [0.15, 0.2) is 29.2 Å². The molecule has 4 nitrogen and oxygen atoms in total. The lowest BCUT2D eigenvalue weighted by molar-refractivity contribution is 0.428. The first-order chi connectivity index (χ1) is 7.77. The molecule has 0 aliphatic rings. The first-order valence-electron chi connectivity index (χ1n) is 5.57. The van der Waals surface area contributed by atoms with Gasteiger partial charge >= 0.3 is 0 Å². The van der Waals surface area contributed by atoms with Crippen molar-refractivity contribution in [3.8, 4) is 0 Å². The van der Waals surface area contributed by atoms with E-state index in [-0.39, 0.29) is 0 Å². The molecule has 3 N–H and O–H groups in total. The largest absolute Gasteiger partial charge is 0.330 e. The molecule has 0 aliphatic carbocycles. The third-order valence-electron chi connectivity index (χ3n) is 2.48. The molecule has 0 saturated carbocycles. The Morgan fingerprint density at radius 2 is 2.00 bits per heavy atom. The van der Waals surface area contributed by atoms with E-state index in [0.29, 0.717) is 17.9 Å². The molecule has 96 valence electrons. The average molecular weight is 256 g/mol. The molecule has 0 heterocycles. The zero-order valence-corrected chi connectivity index (χ0v) is 11.3. The highest BCUT2D eigenvalue weighted by Gasteiger charge is 2.25. The molecule has 0 aromatic heterocycles. The topological polar surface area (TPSA) is 72.2 Å². The van der Waals surface area contributed by atoms with Gasteiger partial charge in [0, 0.05) is 5.54 Å². The highest BCUT2D eigenvalue weighted by atomic mass is 32.2. The molecular formula is C12H20N2O2S. The van der Waals surface area contributed by atoms with Crippen molar-refractivity contribution in [2.24, 2.45) is 5.73 Å². The Morgan fingerprint density at radius 3 is 2.53 bits per heavy atom. The molecule has 0 atom stereocenters. The second-order valence-corrected chi connectivity index (χ2v) is 6.53. The minimum absolute atomic E-state index is 0.294. The lowest BCUT2D eigenvalue weighted by Gasteiger charge is -2.25. The van der Waals surface area contributed by atoms with E-state index in [9.17, 15) is 8.42 Å². The zero-order chi connectivity index (χ0) is 13.1. The smallest absolute Gasteiger partial charge is 0.241 e. The molecule has 5 heteroatoms. The van der Waals surface area contributed by atoms with Crippen molar-refractivity contribution in [1.82, 2.24) is 4.72 Å². The number of hydrogen-bond donors (Lipinski definition) is 2. The van der Waals surface area contributed by atoms with Gasteiger partial charge in [-0.3, -0.25) is 0 Å².